The van der Waals surface area contributed by atoms with Gasteiger partial charge in [0.2, 0.25) is 0 Å². The van der Waals surface area contributed by atoms with E-state index in [4.69, 9.17) is 43.4 Å². The van der Waals surface area contributed by atoms with Crippen molar-refractivity contribution in [2.75, 3.05) is 47.3 Å². The molecule has 6 N–H and O–H groups in total. The normalized spacial score (nSPS) is 32.2. The molecule has 2 fully saturated rings. The largest absolute Gasteiger partial charge is 0.391 e. The molecule has 0 aromatic heterocycles. The second-order valence-electron chi connectivity index (χ2n) is 10.2. The summed E-state index contributed by atoms with van der Waals surface area (Å²) in [5.41, 5.74) is 0. The highest BCUT2D eigenvalue weighted by Gasteiger charge is 2.43. The summed E-state index contributed by atoms with van der Waals surface area (Å²) in [6.07, 6.45) is -7.56. The van der Waals surface area contributed by atoms with Crippen molar-refractivity contribution >= 4 is 0 Å². The van der Waals surface area contributed by atoms with E-state index in [2.05, 4.69) is 0 Å². The molecule has 13 unspecified atom stereocenters. The summed E-state index contributed by atoms with van der Waals surface area (Å²) in [7, 11) is 2.82. The van der Waals surface area contributed by atoms with Crippen LogP contribution in [0.2, 0.25) is 0 Å². The Bertz CT molecular complexity index is 610. The van der Waals surface area contributed by atoms with Crippen molar-refractivity contribution in [1.82, 2.24) is 0 Å². The van der Waals surface area contributed by atoms with Gasteiger partial charge in [0.05, 0.1) is 75.8 Å². The minimum Gasteiger partial charge on any atom is -0.391 e. The molecule has 0 spiro atoms. The Morgan fingerprint density at radius 3 is 1.20 bits per heavy atom. The monoisotopic (exact) mass is 671 g/mol. The molecule has 2 aliphatic rings. The van der Waals surface area contributed by atoms with Crippen molar-refractivity contribution in [3.8, 4) is 0 Å². The van der Waals surface area contributed by atoms with Crippen LogP contribution in [0.1, 0.15) is 86.6 Å². The van der Waals surface area contributed by atoms with Crippen LogP contribution < -0.4 is 0 Å². The molecule has 0 amide bonds. The maximum absolute atomic E-state index is 9.95. The maximum Gasteiger partial charge on any atom is 0.186 e. The summed E-state index contributed by atoms with van der Waals surface area (Å²) in [5, 5.41) is 57.4. The zero-order valence-electron chi connectivity index (χ0n) is 23.6. The van der Waals surface area contributed by atoms with Crippen LogP contribution in [0.5, 0.6) is 0 Å². The molecule has 2 heterocycles. The first-order valence-electron chi connectivity index (χ1n) is 13.1. The van der Waals surface area contributed by atoms with Crippen molar-refractivity contribution in [3.63, 3.8) is 0 Å². The average Bonchev–Trinajstić information content (AvgIpc) is 2.87. The molecule has 45 heavy (non-hydrogen) atoms. The number of rotatable bonds is 13. The zero-order chi connectivity index (χ0) is 29.0. The summed E-state index contributed by atoms with van der Waals surface area (Å²) in [6.45, 7) is 10.0. The number of ether oxygens (including phenoxy) is 7. The van der Waals surface area contributed by atoms with E-state index in [1.165, 1.54) is 14.2 Å². The van der Waals surface area contributed by atoms with Crippen LogP contribution in [0.25, 0.3) is 0 Å². The third kappa shape index (κ3) is 20.5. The van der Waals surface area contributed by atoms with E-state index in [9.17, 15) is 20.4 Å². The second kappa shape index (κ2) is 30.8. The van der Waals surface area contributed by atoms with Gasteiger partial charge >= 0.3 is 0 Å². The van der Waals surface area contributed by atoms with Gasteiger partial charge in [-0.15, -0.1) is 0 Å². The van der Waals surface area contributed by atoms with E-state index in [0.29, 0.717) is 6.61 Å². The van der Waals surface area contributed by atoms with Crippen LogP contribution in [0.15, 0.2) is 0 Å². The standard InChI is InChI=1S/C14H28O7.C11H22O6.7CH4/c1-8(15)5-20-9(2)6-19-7-11-10(3)12(16)13(17)14(18-4)21-11;1-6(12)4-16-5-8-7(2)9(13)10(14)11(15-3)17-8;;;;;;;/h8-17H,5-7H2,1-4H3;6-14H,4-5H2,1-3H3;7*1H4. The molecule has 0 aromatic rings. The highest BCUT2D eigenvalue weighted by Crippen LogP contribution is 2.27. The predicted molar refractivity (Wildman–Crippen MR) is 181 cm³/mol. The minimum atomic E-state index is -1.06. The Morgan fingerprint density at radius 2 is 0.889 bits per heavy atom. The van der Waals surface area contributed by atoms with E-state index in [0.717, 1.165) is 0 Å². The third-order valence-electron chi connectivity index (χ3n) is 6.49. The molecule has 13 atom stereocenters. The molecular formula is C32H78O13. The van der Waals surface area contributed by atoms with Gasteiger partial charge in [-0.25, -0.2) is 0 Å². The van der Waals surface area contributed by atoms with Gasteiger partial charge in [0.1, 0.15) is 12.2 Å². The topological polar surface area (TPSA) is 186 Å². The van der Waals surface area contributed by atoms with Gasteiger partial charge in [-0.05, 0) is 20.8 Å². The SMILES string of the molecule is C.C.C.C.C.C.C.COC1OC(COCC(C)O)C(C)C(O)C1O.COC1OC(COCC(C)OCC(C)O)C(C)C(O)C1O. The lowest BCUT2D eigenvalue weighted by molar-refractivity contribution is -0.283. The minimum absolute atomic E-state index is 0. The van der Waals surface area contributed by atoms with Crippen molar-refractivity contribution < 1.29 is 63.8 Å². The van der Waals surface area contributed by atoms with Gasteiger partial charge in [0.25, 0.3) is 0 Å². The molecule has 13 heteroatoms. The number of hydrogen-bond donors (Lipinski definition) is 6. The van der Waals surface area contributed by atoms with Gasteiger partial charge in [0, 0.05) is 26.1 Å². The van der Waals surface area contributed by atoms with Crippen LogP contribution in [0.3, 0.4) is 0 Å². The summed E-state index contributed by atoms with van der Waals surface area (Å²) in [4.78, 5) is 0. The van der Waals surface area contributed by atoms with E-state index < -0.39 is 49.2 Å². The quantitative estimate of drug-likeness (QED) is 0.168. The van der Waals surface area contributed by atoms with E-state index in [1.807, 2.05) is 6.92 Å². The number of aliphatic hydroxyl groups excluding tert-OH is 6. The molecule has 0 radical (unpaired) electrons. The molecule has 2 saturated heterocycles. The van der Waals surface area contributed by atoms with Gasteiger partial charge in [-0.2, -0.15) is 0 Å². The molecule has 284 valence electrons. The number of methoxy groups -OCH3 is 2. The van der Waals surface area contributed by atoms with Gasteiger partial charge in [-0.3, -0.25) is 0 Å². The Labute approximate surface area is 277 Å². The van der Waals surface area contributed by atoms with Crippen LogP contribution in [-0.4, -0.2) is 145 Å². The van der Waals surface area contributed by atoms with Crippen LogP contribution >= 0.6 is 0 Å². The lowest BCUT2D eigenvalue weighted by atomic mass is 9.91. The van der Waals surface area contributed by atoms with Crippen molar-refractivity contribution in [1.29, 1.82) is 0 Å². The Morgan fingerprint density at radius 1 is 0.556 bits per heavy atom. The zero-order valence-corrected chi connectivity index (χ0v) is 23.6. The first kappa shape index (κ1) is 59.9. The highest BCUT2D eigenvalue weighted by molar-refractivity contribution is 4.87. The summed E-state index contributed by atoms with van der Waals surface area (Å²) in [5.74, 6) is -0.523. The lowest BCUT2D eigenvalue weighted by Gasteiger charge is -2.40. The smallest absolute Gasteiger partial charge is 0.186 e. The molecule has 0 aliphatic carbocycles. The van der Waals surface area contributed by atoms with Gasteiger partial charge < -0.3 is 63.8 Å². The van der Waals surface area contributed by atoms with Crippen molar-refractivity contribution in [2.45, 2.75) is 154 Å². The Balaban J connectivity index is -0.000000113. The summed E-state index contributed by atoms with van der Waals surface area (Å²) < 4.78 is 37.2. The Kier molecular flexibility index (Phi) is 41.0. The fourth-order valence-corrected chi connectivity index (χ4v) is 3.97. The molecule has 2 rings (SSSR count). The molecule has 2 aliphatic heterocycles. The fraction of sp³-hybridized carbons (Fsp3) is 1.00. The van der Waals surface area contributed by atoms with Crippen LogP contribution in [-0.2, 0) is 33.2 Å². The molecular weight excluding hydrogens is 592 g/mol. The van der Waals surface area contributed by atoms with E-state index in [1.54, 1.807) is 27.7 Å². The highest BCUT2D eigenvalue weighted by atomic mass is 16.7. The molecule has 0 bridgehead atoms. The summed E-state index contributed by atoms with van der Waals surface area (Å²) >= 11 is 0. The Hall–Kier alpha value is -0.520. The predicted octanol–water partition coefficient (Wildman–Crippen LogP) is 3.08. The van der Waals surface area contributed by atoms with Crippen LogP contribution in [0, 0.1) is 11.8 Å². The van der Waals surface area contributed by atoms with Gasteiger partial charge in [0.15, 0.2) is 12.6 Å². The third-order valence-corrected chi connectivity index (χ3v) is 6.49. The lowest BCUT2D eigenvalue weighted by Crippen LogP contribution is -2.55. The van der Waals surface area contributed by atoms with Gasteiger partial charge in [-0.1, -0.05) is 65.8 Å². The number of aliphatic hydroxyl groups is 6. The van der Waals surface area contributed by atoms with E-state index >= 15 is 0 Å². The van der Waals surface area contributed by atoms with Crippen molar-refractivity contribution in [3.05, 3.63) is 0 Å². The molecule has 0 aromatic carbocycles. The molecule has 13 nitrogen and oxygen atoms in total. The number of hydrogen-bond acceptors (Lipinski definition) is 13. The first-order chi connectivity index (χ1) is 17.8. The molecule has 0 saturated carbocycles. The first-order valence-corrected chi connectivity index (χ1v) is 13.1. The second-order valence-corrected chi connectivity index (χ2v) is 10.2. The average molecular weight is 671 g/mol. The van der Waals surface area contributed by atoms with E-state index in [-0.39, 0.29) is 109 Å². The van der Waals surface area contributed by atoms with Crippen molar-refractivity contribution in [2.24, 2.45) is 11.8 Å². The van der Waals surface area contributed by atoms with Crippen LogP contribution in [0.4, 0.5) is 0 Å². The summed E-state index contributed by atoms with van der Waals surface area (Å²) in [6, 6.07) is 0. The maximum atomic E-state index is 9.95. The fourth-order valence-electron chi connectivity index (χ4n) is 3.97.